The van der Waals surface area contributed by atoms with Crippen molar-refractivity contribution in [1.82, 2.24) is 9.97 Å². The second-order valence-corrected chi connectivity index (χ2v) is 4.52. The van der Waals surface area contributed by atoms with Gasteiger partial charge in [-0.05, 0) is 13.3 Å². The van der Waals surface area contributed by atoms with Crippen LogP contribution in [0.1, 0.15) is 20.3 Å². The molecule has 0 amide bonds. The van der Waals surface area contributed by atoms with Gasteiger partial charge >= 0.3 is 0 Å². The fraction of sp³-hybridized carbons (Fsp3) is 0.636. The lowest BCUT2D eigenvalue weighted by molar-refractivity contribution is 0.0144. The SMILES string of the molecule is CC[C@@H]1O[C@H](C)[C@@H](O)[C@H]1O.Nc1nc(N)c(N)c(=O)[nH]1. The van der Waals surface area contributed by atoms with Crippen molar-refractivity contribution in [3.63, 3.8) is 0 Å². The molecule has 0 unspecified atom stereocenters. The molecule has 0 radical (unpaired) electrons. The minimum absolute atomic E-state index is 0.0308. The zero-order valence-electron chi connectivity index (χ0n) is 11.4. The second kappa shape index (κ2) is 6.55. The highest BCUT2D eigenvalue weighted by atomic mass is 16.5. The van der Waals surface area contributed by atoms with E-state index in [9.17, 15) is 15.0 Å². The van der Waals surface area contributed by atoms with Crippen molar-refractivity contribution < 1.29 is 14.9 Å². The lowest BCUT2D eigenvalue weighted by Gasteiger charge is -2.10. The van der Waals surface area contributed by atoms with Crippen LogP contribution in [0.25, 0.3) is 0 Å². The molecule has 2 rings (SSSR count). The Morgan fingerprint density at radius 1 is 1.30 bits per heavy atom. The van der Waals surface area contributed by atoms with Gasteiger partial charge in [0, 0.05) is 0 Å². The Morgan fingerprint density at radius 2 is 1.90 bits per heavy atom. The van der Waals surface area contributed by atoms with Crippen molar-refractivity contribution in [3.8, 4) is 0 Å². The number of ether oxygens (including phenoxy) is 1. The van der Waals surface area contributed by atoms with Gasteiger partial charge in [-0.1, -0.05) is 6.92 Å². The summed E-state index contributed by atoms with van der Waals surface area (Å²) in [7, 11) is 0. The zero-order chi connectivity index (χ0) is 15.4. The molecule has 9 heteroatoms. The molecule has 1 aromatic rings. The van der Waals surface area contributed by atoms with Gasteiger partial charge in [-0.25, -0.2) is 0 Å². The quantitative estimate of drug-likeness (QED) is 0.359. The van der Waals surface area contributed by atoms with Crippen LogP contribution < -0.4 is 22.8 Å². The summed E-state index contributed by atoms with van der Waals surface area (Å²) in [4.78, 5) is 16.4. The third-order valence-electron chi connectivity index (χ3n) is 3.01. The third kappa shape index (κ3) is 3.59. The Hall–Kier alpha value is -1.84. The topological polar surface area (TPSA) is 173 Å². The van der Waals surface area contributed by atoms with Crippen LogP contribution in [0.3, 0.4) is 0 Å². The molecule has 0 bridgehead atoms. The van der Waals surface area contributed by atoms with Crippen molar-refractivity contribution in [2.24, 2.45) is 0 Å². The van der Waals surface area contributed by atoms with Crippen LogP contribution in [0, 0.1) is 0 Å². The average molecular weight is 287 g/mol. The van der Waals surface area contributed by atoms with E-state index in [2.05, 4.69) is 9.97 Å². The summed E-state index contributed by atoms with van der Waals surface area (Å²) in [6.07, 6.45) is -1.04. The van der Waals surface area contributed by atoms with E-state index in [1.165, 1.54) is 0 Å². The Bertz CT molecular complexity index is 506. The van der Waals surface area contributed by atoms with Gasteiger partial charge in [-0.15, -0.1) is 0 Å². The van der Waals surface area contributed by atoms with Crippen LogP contribution in [0.5, 0.6) is 0 Å². The van der Waals surface area contributed by atoms with Gasteiger partial charge in [0.25, 0.3) is 5.56 Å². The number of anilines is 3. The summed E-state index contributed by atoms with van der Waals surface area (Å²) in [5.74, 6) is -0.0713. The molecule has 1 aliphatic rings. The van der Waals surface area contributed by atoms with Gasteiger partial charge < -0.3 is 32.2 Å². The lowest BCUT2D eigenvalue weighted by atomic mass is 10.1. The van der Waals surface area contributed by atoms with Crippen molar-refractivity contribution >= 4 is 17.5 Å². The number of nitrogens with one attached hydrogen (secondary N) is 1. The number of aromatic nitrogens is 2. The highest BCUT2D eigenvalue weighted by Crippen LogP contribution is 2.22. The van der Waals surface area contributed by atoms with E-state index in [4.69, 9.17) is 21.9 Å². The lowest BCUT2D eigenvalue weighted by Crippen LogP contribution is -2.31. The van der Waals surface area contributed by atoms with E-state index in [1.54, 1.807) is 6.92 Å². The minimum atomic E-state index is -0.704. The van der Waals surface area contributed by atoms with Crippen LogP contribution >= 0.6 is 0 Å². The molecule has 0 aliphatic carbocycles. The number of aromatic amines is 1. The first-order chi connectivity index (χ1) is 9.27. The number of aliphatic hydroxyl groups excluding tert-OH is 2. The molecule has 20 heavy (non-hydrogen) atoms. The monoisotopic (exact) mass is 287 g/mol. The van der Waals surface area contributed by atoms with E-state index in [1.807, 2.05) is 6.92 Å². The van der Waals surface area contributed by atoms with Crippen LogP contribution in [0.4, 0.5) is 17.5 Å². The average Bonchev–Trinajstić information content (AvgIpc) is 2.64. The van der Waals surface area contributed by atoms with E-state index in [0.29, 0.717) is 0 Å². The molecule has 1 aromatic heterocycles. The zero-order valence-corrected chi connectivity index (χ0v) is 11.4. The first-order valence-electron chi connectivity index (χ1n) is 6.20. The summed E-state index contributed by atoms with van der Waals surface area (Å²) in [5.41, 5.74) is 14.9. The molecular weight excluding hydrogens is 266 g/mol. The number of hydrogen-bond acceptors (Lipinski definition) is 8. The van der Waals surface area contributed by atoms with Crippen LogP contribution in [0.2, 0.25) is 0 Å². The Morgan fingerprint density at radius 3 is 2.25 bits per heavy atom. The van der Waals surface area contributed by atoms with Crippen molar-refractivity contribution in [2.75, 3.05) is 17.2 Å². The maximum atomic E-state index is 10.7. The molecule has 0 aromatic carbocycles. The van der Waals surface area contributed by atoms with Gasteiger partial charge in [0.05, 0.1) is 12.2 Å². The molecular formula is C11H21N5O4. The number of nitrogens with zero attached hydrogens (tertiary/aromatic N) is 1. The Balaban J connectivity index is 0.000000200. The second-order valence-electron chi connectivity index (χ2n) is 4.52. The van der Waals surface area contributed by atoms with Gasteiger partial charge in [-0.2, -0.15) is 4.98 Å². The number of aliphatic hydroxyl groups is 2. The number of nitrogens with two attached hydrogens (primary N) is 3. The maximum absolute atomic E-state index is 10.7. The van der Waals surface area contributed by atoms with E-state index in [0.717, 1.165) is 6.42 Å². The van der Waals surface area contributed by atoms with E-state index >= 15 is 0 Å². The van der Waals surface area contributed by atoms with E-state index < -0.39 is 17.8 Å². The molecule has 1 fully saturated rings. The molecule has 114 valence electrons. The molecule has 1 aliphatic heterocycles. The van der Waals surface area contributed by atoms with Gasteiger partial charge in [-0.3, -0.25) is 9.78 Å². The third-order valence-corrected chi connectivity index (χ3v) is 3.01. The predicted molar refractivity (Wildman–Crippen MR) is 74.7 cm³/mol. The molecule has 4 atom stereocenters. The maximum Gasteiger partial charge on any atom is 0.277 e. The fourth-order valence-corrected chi connectivity index (χ4v) is 1.79. The predicted octanol–water partition coefficient (Wildman–Crippen LogP) is -1.58. The smallest absolute Gasteiger partial charge is 0.277 e. The highest BCUT2D eigenvalue weighted by molar-refractivity contribution is 5.57. The van der Waals surface area contributed by atoms with Gasteiger partial charge in [0.15, 0.2) is 5.82 Å². The summed E-state index contributed by atoms with van der Waals surface area (Å²) in [6, 6.07) is 0. The van der Waals surface area contributed by atoms with E-state index in [-0.39, 0.29) is 29.7 Å². The minimum Gasteiger partial charge on any atom is -0.391 e. The summed E-state index contributed by atoms with van der Waals surface area (Å²) >= 11 is 0. The standard InChI is InChI=1S/C7H14O3.C4H7N5O/c1-3-5-7(9)6(8)4(2)10-5;5-1-2(6)8-4(7)9-3(1)10/h4-9H,3H2,1-2H3;5H2,(H5,6,7,8,9,10)/t4-,5+,6-,7+;/m1./s1. The molecule has 0 saturated carbocycles. The number of nitrogen functional groups attached to an aromatic ring is 3. The first-order valence-corrected chi connectivity index (χ1v) is 6.20. The fourth-order valence-electron chi connectivity index (χ4n) is 1.79. The molecule has 9 N–H and O–H groups in total. The highest BCUT2D eigenvalue weighted by Gasteiger charge is 2.38. The van der Waals surface area contributed by atoms with Crippen LogP contribution in [-0.2, 0) is 4.74 Å². The van der Waals surface area contributed by atoms with Crippen LogP contribution in [-0.4, -0.2) is 44.6 Å². The van der Waals surface area contributed by atoms with Crippen molar-refractivity contribution in [2.45, 2.75) is 44.7 Å². The molecule has 0 spiro atoms. The summed E-state index contributed by atoms with van der Waals surface area (Å²) < 4.78 is 5.23. The molecule has 1 saturated heterocycles. The first kappa shape index (κ1) is 16.2. The largest absolute Gasteiger partial charge is 0.391 e. The number of rotatable bonds is 1. The van der Waals surface area contributed by atoms with Gasteiger partial charge in [0.2, 0.25) is 5.95 Å². The molecule has 9 nitrogen and oxygen atoms in total. The van der Waals surface area contributed by atoms with Crippen molar-refractivity contribution in [1.29, 1.82) is 0 Å². The van der Waals surface area contributed by atoms with Crippen molar-refractivity contribution in [3.05, 3.63) is 10.4 Å². The molecule has 2 heterocycles. The van der Waals surface area contributed by atoms with Gasteiger partial charge in [0.1, 0.15) is 17.9 Å². The Labute approximate surface area is 115 Å². The summed E-state index contributed by atoms with van der Waals surface area (Å²) in [6.45, 7) is 3.70. The number of H-pyrrole nitrogens is 1. The van der Waals surface area contributed by atoms with Crippen LogP contribution in [0.15, 0.2) is 4.79 Å². The Kier molecular flexibility index (Phi) is 5.31. The normalized spacial score (nSPS) is 28.8. The number of hydrogen-bond donors (Lipinski definition) is 6. The summed E-state index contributed by atoms with van der Waals surface area (Å²) in [5, 5.41) is 18.4.